The van der Waals surface area contributed by atoms with Crippen LogP contribution in [0.1, 0.15) is 18.9 Å². The van der Waals surface area contributed by atoms with Gasteiger partial charge in [-0.2, -0.15) is 0 Å². The molecule has 23 heavy (non-hydrogen) atoms. The number of carbonyl (C=O) groups excluding carboxylic acids is 1. The number of methoxy groups -OCH3 is 1. The zero-order valence-corrected chi connectivity index (χ0v) is 14.4. The molecule has 128 valence electrons. The highest BCUT2D eigenvalue weighted by atomic mass is 32.2. The fourth-order valence-electron chi connectivity index (χ4n) is 2.78. The Morgan fingerprint density at radius 2 is 2.04 bits per heavy atom. The Morgan fingerprint density at radius 1 is 1.35 bits per heavy atom. The molecule has 0 saturated carbocycles. The van der Waals surface area contributed by atoms with Crippen LogP contribution in [0.5, 0.6) is 5.75 Å². The fourth-order valence-corrected chi connectivity index (χ4v) is 4.54. The zero-order chi connectivity index (χ0) is 16.9. The molecule has 0 spiro atoms. The zero-order valence-electron chi connectivity index (χ0n) is 13.6. The Morgan fingerprint density at radius 3 is 2.57 bits per heavy atom. The predicted molar refractivity (Wildman–Crippen MR) is 89.1 cm³/mol. The monoisotopic (exact) mass is 340 g/mol. The number of carbonyl (C=O) groups is 1. The lowest BCUT2D eigenvalue weighted by Crippen LogP contribution is -2.43. The molecule has 0 radical (unpaired) electrons. The molecule has 1 N–H and O–H groups in total. The fraction of sp³-hybridized carbons (Fsp3) is 0.562. The van der Waals surface area contributed by atoms with Crippen molar-refractivity contribution in [2.24, 2.45) is 0 Å². The quantitative estimate of drug-likeness (QED) is 0.795. The Kier molecular flexibility index (Phi) is 6.01. The SMILES string of the molecule is CCNC(=O)CN(Cc1ccc(OC)cc1)C1CCS(=O)(=O)C1. The molecular formula is C16H24N2O4S. The summed E-state index contributed by atoms with van der Waals surface area (Å²) in [5, 5.41) is 2.77. The van der Waals surface area contributed by atoms with Crippen LogP contribution >= 0.6 is 0 Å². The second-order valence-electron chi connectivity index (χ2n) is 5.76. The highest BCUT2D eigenvalue weighted by Crippen LogP contribution is 2.21. The molecule has 7 heteroatoms. The highest BCUT2D eigenvalue weighted by molar-refractivity contribution is 7.91. The number of hydrogen-bond acceptors (Lipinski definition) is 5. The van der Waals surface area contributed by atoms with Gasteiger partial charge in [0.15, 0.2) is 9.84 Å². The van der Waals surface area contributed by atoms with E-state index in [9.17, 15) is 13.2 Å². The van der Waals surface area contributed by atoms with Crippen molar-refractivity contribution < 1.29 is 17.9 Å². The minimum atomic E-state index is -2.98. The maximum absolute atomic E-state index is 11.9. The summed E-state index contributed by atoms with van der Waals surface area (Å²) in [6.07, 6.45) is 0.581. The van der Waals surface area contributed by atoms with Gasteiger partial charge in [-0.1, -0.05) is 12.1 Å². The standard InChI is InChI=1S/C16H24N2O4S/c1-3-17-16(19)11-18(14-8-9-23(20,21)12-14)10-13-4-6-15(22-2)7-5-13/h4-7,14H,3,8-12H2,1-2H3,(H,17,19). The molecule has 6 nitrogen and oxygen atoms in total. The van der Waals surface area contributed by atoms with Crippen LogP contribution in [-0.4, -0.2) is 57.0 Å². The average molecular weight is 340 g/mol. The number of sulfone groups is 1. The van der Waals surface area contributed by atoms with Crippen LogP contribution in [0.2, 0.25) is 0 Å². The molecule has 1 aromatic carbocycles. The molecule has 1 heterocycles. The third kappa shape index (κ3) is 5.21. The number of rotatable bonds is 7. The van der Waals surface area contributed by atoms with Gasteiger partial charge < -0.3 is 10.1 Å². The smallest absolute Gasteiger partial charge is 0.234 e. The molecule has 1 atom stereocenters. The van der Waals surface area contributed by atoms with E-state index in [2.05, 4.69) is 5.32 Å². The van der Waals surface area contributed by atoms with E-state index in [1.54, 1.807) is 7.11 Å². The third-order valence-electron chi connectivity index (χ3n) is 3.99. The topological polar surface area (TPSA) is 75.7 Å². The van der Waals surface area contributed by atoms with Gasteiger partial charge >= 0.3 is 0 Å². The van der Waals surface area contributed by atoms with Crippen molar-refractivity contribution >= 4 is 15.7 Å². The number of likely N-dealkylation sites (N-methyl/N-ethyl adjacent to an activating group) is 1. The first-order valence-corrected chi connectivity index (χ1v) is 9.59. The average Bonchev–Trinajstić information content (AvgIpc) is 2.88. The Balaban J connectivity index is 2.10. The molecule has 1 unspecified atom stereocenters. The van der Waals surface area contributed by atoms with Gasteiger partial charge in [0.25, 0.3) is 0 Å². The van der Waals surface area contributed by atoms with E-state index >= 15 is 0 Å². The van der Waals surface area contributed by atoms with Gasteiger partial charge in [-0.15, -0.1) is 0 Å². The van der Waals surface area contributed by atoms with Crippen LogP contribution in [0.15, 0.2) is 24.3 Å². The maximum Gasteiger partial charge on any atom is 0.234 e. The molecule has 1 amide bonds. The van der Waals surface area contributed by atoms with Crippen LogP contribution in [0.3, 0.4) is 0 Å². The van der Waals surface area contributed by atoms with Gasteiger partial charge in [-0.05, 0) is 31.0 Å². The van der Waals surface area contributed by atoms with Gasteiger partial charge in [-0.3, -0.25) is 9.69 Å². The summed E-state index contributed by atoms with van der Waals surface area (Å²) >= 11 is 0. The molecular weight excluding hydrogens is 316 g/mol. The Hall–Kier alpha value is -1.60. The number of ether oxygens (including phenoxy) is 1. The lowest BCUT2D eigenvalue weighted by molar-refractivity contribution is -0.122. The third-order valence-corrected chi connectivity index (χ3v) is 5.74. The highest BCUT2D eigenvalue weighted by Gasteiger charge is 2.33. The summed E-state index contributed by atoms with van der Waals surface area (Å²) in [7, 11) is -1.37. The van der Waals surface area contributed by atoms with Gasteiger partial charge in [0, 0.05) is 19.1 Å². The van der Waals surface area contributed by atoms with Crippen LogP contribution in [0.4, 0.5) is 0 Å². The minimum Gasteiger partial charge on any atom is -0.497 e. The molecule has 2 rings (SSSR count). The van der Waals surface area contributed by atoms with Crippen LogP contribution < -0.4 is 10.1 Å². The van der Waals surface area contributed by atoms with Crippen molar-refractivity contribution in [3.05, 3.63) is 29.8 Å². The van der Waals surface area contributed by atoms with E-state index in [1.807, 2.05) is 36.1 Å². The van der Waals surface area contributed by atoms with Crippen molar-refractivity contribution in [2.75, 3.05) is 31.7 Å². The summed E-state index contributed by atoms with van der Waals surface area (Å²) in [5.41, 5.74) is 1.03. The van der Waals surface area contributed by atoms with Crippen molar-refractivity contribution in [2.45, 2.75) is 25.9 Å². The van der Waals surface area contributed by atoms with Crippen molar-refractivity contribution in [1.29, 1.82) is 0 Å². The second kappa shape index (κ2) is 7.79. The van der Waals surface area contributed by atoms with Gasteiger partial charge in [-0.25, -0.2) is 8.42 Å². The van der Waals surface area contributed by atoms with E-state index in [-0.39, 0.29) is 30.0 Å². The number of nitrogens with zero attached hydrogens (tertiary/aromatic N) is 1. The molecule has 1 saturated heterocycles. The molecule has 1 aliphatic rings. The summed E-state index contributed by atoms with van der Waals surface area (Å²) in [5.74, 6) is 1.02. The van der Waals surface area contributed by atoms with Gasteiger partial charge in [0.1, 0.15) is 5.75 Å². The van der Waals surface area contributed by atoms with Crippen LogP contribution in [-0.2, 0) is 21.2 Å². The normalized spacial score (nSPS) is 19.7. The first kappa shape index (κ1) is 17.7. The molecule has 1 aliphatic heterocycles. The largest absolute Gasteiger partial charge is 0.497 e. The number of benzene rings is 1. The molecule has 0 aromatic heterocycles. The Bertz CT molecular complexity index is 628. The van der Waals surface area contributed by atoms with E-state index in [0.717, 1.165) is 11.3 Å². The number of hydrogen-bond donors (Lipinski definition) is 1. The first-order chi connectivity index (χ1) is 10.9. The summed E-state index contributed by atoms with van der Waals surface area (Å²) < 4.78 is 28.6. The van der Waals surface area contributed by atoms with Crippen molar-refractivity contribution in [3.63, 3.8) is 0 Å². The first-order valence-electron chi connectivity index (χ1n) is 7.77. The predicted octanol–water partition coefficient (Wildman–Crippen LogP) is 0.820. The van der Waals surface area contributed by atoms with E-state index in [1.165, 1.54) is 0 Å². The van der Waals surface area contributed by atoms with Crippen molar-refractivity contribution in [1.82, 2.24) is 10.2 Å². The van der Waals surface area contributed by atoms with Crippen LogP contribution in [0, 0.1) is 0 Å². The van der Waals surface area contributed by atoms with Gasteiger partial charge in [0.05, 0.1) is 25.2 Å². The molecule has 0 bridgehead atoms. The van der Waals surface area contributed by atoms with E-state index < -0.39 is 9.84 Å². The van der Waals surface area contributed by atoms with Crippen LogP contribution in [0.25, 0.3) is 0 Å². The lowest BCUT2D eigenvalue weighted by Gasteiger charge is -2.27. The summed E-state index contributed by atoms with van der Waals surface area (Å²) in [4.78, 5) is 13.9. The molecule has 1 fully saturated rings. The van der Waals surface area contributed by atoms with Gasteiger partial charge in [0.2, 0.25) is 5.91 Å². The Labute approximate surface area is 137 Å². The second-order valence-corrected chi connectivity index (χ2v) is 7.99. The number of nitrogens with one attached hydrogen (secondary N) is 1. The maximum atomic E-state index is 11.9. The number of amides is 1. The lowest BCUT2D eigenvalue weighted by atomic mass is 10.1. The molecule has 0 aliphatic carbocycles. The summed E-state index contributed by atoms with van der Waals surface area (Å²) in [6.45, 7) is 3.19. The van der Waals surface area contributed by atoms with E-state index in [0.29, 0.717) is 19.5 Å². The minimum absolute atomic E-state index is 0.0784. The molecule has 1 aromatic rings. The van der Waals surface area contributed by atoms with Crippen molar-refractivity contribution in [3.8, 4) is 5.75 Å². The summed E-state index contributed by atoms with van der Waals surface area (Å²) in [6, 6.07) is 7.50. The van der Waals surface area contributed by atoms with E-state index in [4.69, 9.17) is 4.74 Å².